The zero-order chi connectivity index (χ0) is 15.6. The molecule has 2 aromatic rings. The van der Waals surface area contributed by atoms with Gasteiger partial charge in [0.05, 0.1) is 0 Å². The highest BCUT2D eigenvalue weighted by atomic mass is 32.1. The van der Waals surface area contributed by atoms with Crippen LogP contribution >= 0.6 is 11.3 Å². The summed E-state index contributed by atoms with van der Waals surface area (Å²) < 4.78 is 5.26. The van der Waals surface area contributed by atoms with Crippen LogP contribution in [0.25, 0.3) is 0 Å². The number of hydrogen-bond donors (Lipinski definition) is 2. The minimum Gasteiger partial charge on any atom is -0.457 e. The number of rotatable bonds is 4. The Hall–Kier alpha value is -2.34. The number of nitrogen functional groups attached to an aromatic ring is 1. The molecule has 0 aliphatic carbocycles. The molecular formula is C15H16N2O3S. The van der Waals surface area contributed by atoms with Gasteiger partial charge in [0.15, 0.2) is 0 Å². The van der Waals surface area contributed by atoms with Crippen LogP contribution in [0.15, 0.2) is 24.3 Å². The summed E-state index contributed by atoms with van der Waals surface area (Å²) in [5.74, 6) is -0.885. The van der Waals surface area contributed by atoms with Crippen molar-refractivity contribution in [1.29, 1.82) is 0 Å². The van der Waals surface area contributed by atoms with Crippen LogP contribution in [0.2, 0.25) is 0 Å². The Kier molecular flexibility index (Phi) is 4.28. The van der Waals surface area contributed by atoms with Crippen molar-refractivity contribution in [2.45, 2.75) is 20.5 Å². The predicted molar refractivity (Wildman–Crippen MR) is 82.3 cm³/mol. The first-order chi connectivity index (χ1) is 9.88. The third-order valence-corrected chi connectivity index (χ3v) is 4.19. The van der Waals surface area contributed by atoms with Crippen molar-refractivity contribution in [3.05, 3.63) is 50.7 Å². The third-order valence-electron chi connectivity index (χ3n) is 3.14. The first kappa shape index (κ1) is 15.1. The molecule has 1 heterocycles. The highest BCUT2D eigenvalue weighted by Crippen LogP contribution is 2.24. The Labute approximate surface area is 126 Å². The fraction of sp³-hybridized carbons (Fsp3) is 0.200. The second-order valence-electron chi connectivity index (χ2n) is 4.70. The van der Waals surface area contributed by atoms with E-state index in [0.717, 1.165) is 16.0 Å². The van der Waals surface area contributed by atoms with E-state index in [-0.39, 0.29) is 6.61 Å². The second-order valence-corrected chi connectivity index (χ2v) is 5.96. The number of benzene rings is 1. The Morgan fingerprint density at radius 2 is 1.95 bits per heavy atom. The van der Waals surface area contributed by atoms with Crippen molar-refractivity contribution in [3.8, 4) is 0 Å². The molecule has 0 aliphatic heterocycles. The largest absolute Gasteiger partial charge is 0.457 e. The van der Waals surface area contributed by atoms with Crippen molar-refractivity contribution in [1.82, 2.24) is 0 Å². The lowest BCUT2D eigenvalue weighted by atomic mass is 10.1. The molecule has 6 heteroatoms. The molecule has 21 heavy (non-hydrogen) atoms. The van der Waals surface area contributed by atoms with Gasteiger partial charge in [0.2, 0.25) is 5.91 Å². The molecule has 0 saturated heterocycles. The molecule has 110 valence electrons. The van der Waals surface area contributed by atoms with E-state index in [9.17, 15) is 9.59 Å². The first-order valence-electron chi connectivity index (χ1n) is 6.31. The Balaban J connectivity index is 2.06. The van der Waals surface area contributed by atoms with Gasteiger partial charge in [0.25, 0.3) is 0 Å². The molecule has 0 bridgehead atoms. The van der Waals surface area contributed by atoms with Crippen molar-refractivity contribution in [3.63, 3.8) is 0 Å². The van der Waals surface area contributed by atoms with E-state index in [4.69, 9.17) is 16.2 Å². The van der Waals surface area contributed by atoms with Crippen LogP contribution in [-0.4, -0.2) is 11.9 Å². The molecular weight excluding hydrogens is 288 g/mol. The molecule has 1 aromatic heterocycles. The molecule has 4 N–H and O–H groups in total. The van der Waals surface area contributed by atoms with Crippen molar-refractivity contribution < 1.29 is 14.3 Å². The van der Waals surface area contributed by atoms with Crippen LogP contribution in [0.5, 0.6) is 0 Å². The van der Waals surface area contributed by atoms with Gasteiger partial charge in [-0.3, -0.25) is 4.79 Å². The smallest absolute Gasteiger partial charge is 0.348 e. The number of anilines is 1. The molecule has 5 nitrogen and oxygen atoms in total. The van der Waals surface area contributed by atoms with E-state index < -0.39 is 11.9 Å². The lowest BCUT2D eigenvalue weighted by molar-refractivity contribution is 0.0477. The maximum atomic E-state index is 11.9. The summed E-state index contributed by atoms with van der Waals surface area (Å²) in [5.41, 5.74) is 13.6. The van der Waals surface area contributed by atoms with Gasteiger partial charge in [0, 0.05) is 16.1 Å². The van der Waals surface area contributed by atoms with E-state index in [1.165, 1.54) is 11.3 Å². The van der Waals surface area contributed by atoms with Gasteiger partial charge >= 0.3 is 5.97 Å². The number of nitrogens with two attached hydrogens (primary N) is 2. The molecule has 0 saturated carbocycles. The summed E-state index contributed by atoms with van der Waals surface area (Å²) in [4.78, 5) is 24.4. The van der Waals surface area contributed by atoms with E-state index >= 15 is 0 Å². The standard InChI is InChI=1S/C15H16N2O3S/c1-8-5-10(14(17)18)3-4-11(8)7-20-15(19)13-6-12(16)9(2)21-13/h3-6H,7,16H2,1-2H3,(H2,17,18). The van der Waals surface area contributed by atoms with Crippen LogP contribution in [0.3, 0.4) is 0 Å². The number of aryl methyl sites for hydroxylation is 2. The van der Waals surface area contributed by atoms with Gasteiger partial charge < -0.3 is 16.2 Å². The number of esters is 1. The summed E-state index contributed by atoms with van der Waals surface area (Å²) in [7, 11) is 0. The number of hydrogen-bond acceptors (Lipinski definition) is 5. The molecule has 0 aliphatic rings. The molecule has 0 fully saturated rings. The minimum atomic E-state index is -0.480. The second kappa shape index (κ2) is 5.97. The van der Waals surface area contributed by atoms with Gasteiger partial charge in [-0.1, -0.05) is 6.07 Å². The fourth-order valence-corrected chi connectivity index (χ4v) is 2.66. The molecule has 0 spiro atoms. The van der Waals surface area contributed by atoms with Crippen molar-refractivity contribution >= 4 is 28.9 Å². The zero-order valence-electron chi connectivity index (χ0n) is 11.8. The van der Waals surface area contributed by atoms with Crippen LogP contribution in [0.1, 0.15) is 36.0 Å². The van der Waals surface area contributed by atoms with Gasteiger partial charge in [-0.25, -0.2) is 4.79 Å². The van der Waals surface area contributed by atoms with Crippen LogP contribution in [-0.2, 0) is 11.3 Å². The summed E-state index contributed by atoms with van der Waals surface area (Å²) in [6.45, 7) is 3.83. The predicted octanol–water partition coefficient (Wildman–Crippen LogP) is 2.40. The monoisotopic (exact) mass is 304 g/mol. The molecule has 1 aromatic carbocycles. The Bertz CT molecular complexity index is 687. The van der Waals surface area contributed by atoms with Gasteiger partial charge in [-0.05, 0) is 43.2 Å². The summed E-state index contributed by atoms with van der Waals surface area (Å²) >= 11 is 1.31. The Morgan fingerprint density at radius 3 is 2.48 bits per heavy atom. The van der Waals surface area contributed by atoms with Crippen LogP contribution in [0, 0.1) is 13.8 Å². The summed E-state index contributed by atoms with van der Waals surface area (Å²) in [5, 5.41) is 0. The highest BCUT2D eigenvalue weighted by molar-refractivity contribution is 7.14. The van der Waals surface area contributed by atoms with Crippen LogP contribution < -0.4 is 11.5 Å². The zero-order valence-corrected chi connectivity index (χ0v) is 12.6. The normalized spacial score (nSPS) is 10.4. The van der Waals surface area contributed by atoms with E-state index in [0.29, 0.717) is 16.1 Å². The number of amides is 1. The highest BCUT2D eigenvalue weighted by Gasteiger charge is 2.13. The lowest BCUT2D eigenvalue weighted by Gasteiger charge is -2.08. The van der Waals surface area contributed by atoms with Crippen molar-refractivity contribution in [2.75, 3.05) is 5.73 Å². The van der Waals surface area contributed by atoms with Crippen molar-refractivity contribution in [2.24, 2.45) is 5.73 Å². The molecule has 2 rings (SSSR count). The molecule has 0 atom stereocenters. The minimum absolute atomic E-state index is 0.139. The average Bonchev–Trinajstić information content (AvgIpc) is 2.77. The topological polar surface area (TPSA) is 95.4 Å². The molecule has 0 unspecified atom stereocenters. The SMILES string of the molecule is Cc1cc(C(N)=O)ccc1COC(=O)c1cc(N)c(C)s1. The quantitative estimate of drug-likeness (QED) is 0.848. The Morgan fingerprint density at radius 1 is 1.24 bits per heavy atom. The lowest BCUT2D eigenvalue weighted by Crippen LogP contribution is -2.11. The number of carbonyl (C=O) groups excluding carboxylic acids is 2. The maximum Gasteiger partial charge on any atom is 0.348 e. The first-order valence-corrected chi connectivity index (χ1v) is 7.12. The number of ether oxygens (including phenoxy) is 1. The van der Waals surface area contributed by atoms with E-state index in [2.05, 4.69) is 0 Å². The maximum absolute atomic E-state index is 11.9. The number of carbonyl (C=O) groups is 2. The number of thiophene rings is 1. The fourth-order valence-electron chi connectivity index (χ4n) is 1.82. The summed E-state index contributed by atoms with van der Waals surface area (Å²) in [6, 6.07) is 6.65. The number of primary amides is 1. The molecule has 1 amide bonds. The third kappa shape index (κ3) is 3.41. The molecule has 0 radical (unpaired) electrons. The van der Waals surface area contributed by atoms with Crippen LogP contribution in [0.4, 0.5) is 5.69 Å². The van der Waals surface area contributed by atoms with Gasteiger partial charge in [0.1, 0.15) is 11.5 Å². The van der Waals surface area contributed by atoms with Gasteiger partial charge in [-0.15, -0.1) is 11.3 Å². The summed E-state index contributed by atoms with van der Waals surface area (Å²) in [6.07, 6.45) is 0. The van der Waals surface area contributed by atoms with Gasteiger partial charge in [-0.2, -0.15) is 0 Å². The van der Waals surface area contributed by atoms with E-state index in [1.807, 2.05) is 13.8 Å². The average molecular weight is 304 g/mol. The van der Waals surface area contributed by atoms with E-state index in [1.54, 1.807) is 24.3 Å².